The molecule has 0 saturated heterocycles. The van der Waals surface area contributed by atoms with E-state index in [0.717, 1.165) is 33.0 Å². The number of rotatable bonds is 6. The third-order valence-electron chi connectivity index (χ3n) is 4.86. The summed E-state index contributed by atoms with van der Waals surface area (Å²) in [4.78, 5) is 19.0. The molecule has 2 aromatic carbocycles. The molecule has 150 valence electrons. The Balaban J connectivity index is 1.53. The smallest absolute Gasteiger partial charge is 0.263 e. The van der Waals surface area contributed by atoms with E-state index in [1.54, 1.807) is 10.6 Å². The van der Waals surface area contributed by atoms with Crippen LogP contribution >= 0.6 is 23.1 Å². The Morgan fingerprint density at radius 1 is 1.17 bits per heavy atom. The number of thioether (sulfide) groups is 1. The van der Waals surface area contributed by atoms with Gasteiger partial charge < -0.3 is 9.47 Å². The third-order valence-corrected chi connectivity index (χ3v) is 6.78. The number of thiophene rings is 1. The number of hydrogen-bond acceptors (Lipinski definition) is 6. The fourth-order valence-electron chi connectivity index (χ4n) is 3.41. The number of benzene rings is 2. The Kier molecular flexibility index (Phi) is 5.06. The van der Waals surface area contributed by atoms with Gasteiger partial charge in [0.15, 0.2) is 16.7 Å². The molecule has 0 unspecified atom stereocenters. The van der Waals surface area contributed by atoms with E-state index >= 15 is 0 Å². The quantitative estimate of drug-likeness (QED) is 0.233. The second-order valence-corrected chi connectivity index (χ2v) is 8.57. The number of fused-ring (bicyclic) bond motifs is 2. The van der Waals surface area contributed by atoms with Gasteiger partial charge in [-0.2, -0.15) is 0 Å². The van der Waals surface area contributed by atoms with Gasteiger partial charge in [0.05, 0.1) is 5.39 Å². The van der Waals surface area contributed by atoms with Crippen LogP contribution in [0.15, 0.2) is 76.5 Å². The maximum atomic E-state index is 13.4. The monoisotopic (exact) mass is 434 g/mol. The second kappa shape index (κ2) is 8.01. The van der Waals surface area contributed by atoms with E-state index in [9.17, 15) is 4.79 Å². The fraction of sp³-hybridized carbons (Fsp3) is 0.130. The van der Waals surface area contributed by atoms with Gasteiger partial charge in [0.1, 0.15) is 4.83 Å². The van der Waals surface area contributed by atoms with Crippen molar-refractivity contribution < 1.29 is 9.47 Å². The summed E-state index contributed by atoms with van der Waals surface area (Å²) in [6.07, 6.45) is 1.73. The van der Waals surface area contributed by atoms with E-state index in [2.05, 4.69) is 6.58 Å². The van der Waals surface area contributed by atoms with Crippen molar-refractivity contribution in [2.24, 2.45) is 0 Å². The van der Waals surface area contributed by atoms with Crippen molar-refractivity contribution in [2.75, 3.05) is 6.79 Å². The van der Waals surface area contributed by atoms with Gasteiger partial charge in [-0.1, -0.05) is 54.2 Å². The maximum absolute atomic E-state index is 13.4. The molecule has 2 aromatic heterocycles. The number of allylic oxidation sites excluding steroid dienone is 1. The zero-order valence-electron chi connectivity index (χ0n) is 16.0. The summed E-state index contributed by atoms with van der Waals surface area (Å²) in [5.74, 6) is 2.19. The fourth-order valence-corrected chi connectivity index (χ4v) is 5.35. The van der Waals surface area contributed by atoms with E-state index < -0.39 is 0 Å². The average molecular weight is 435 g/mol. The van der Waals surface area contributed by atoms with E-state index in [4.69, 9.17) is 14.5 Å². The zero-order chi connectivity index (χ0) is 20.5. The molecule has 0 aliphatic carbocycles. The summed E-state index contributed by atoms with van der Waals surface area (Å²) in [5.41, 5.74) is 3.00. The Morgan fingerprint density at radius 3 is 2.83 bits per heavy atom. The average Bonchev–Trinajstić information content (AvgIpc) is 3.42. The highest BCUT2D eigenvalue weighted by atomic mass is 32.2. The Morgan fingerprint density at radius 2 is 2.00 bits per heavy atom. The number of nitrogens with zero attached hydrogens (tertiary/aromatic N) is 2. The van der Waals surface area contributed by atoms with Crippen molar-refractivity contribution in [3.63, 3.8) is 0 Å². The minimum absolute atomic E-state index is 0.0341. The molecule has 0 fully saturated rings. The molecule has 0 amide bonds. The first-order valence-electron chi connectivity index (χ1n) is 9.44. The molecule has 0 atom stereocenters. The van der Waals surface area contributed by atoms with Crippen molar-refractivity contribution >= 4 is 33.3 Å². The third kappa shape index (κ3) is 3.40. The minimum atomic E-state index is -0.0341. The van der Waals surface area contributed by atoms with Crippen LogP contribution in [0.5, 0.6) is 11.5 Å². The summed E-state index contributed by atoms with van der Waals surface area (Å²) < 4.78 is 12.5. The summed E-state index contributed by atoms with van der Waals surface area (Å²) >= 11 is 3.04. The van der Waals surface area contributed by atoms with Crippen molar-refractivity contribution in [1.29, 1.82) is 0 Å². The van der Waals surface area contributed by atoms with Crippen molar-refractivity contribution in [3.05, 3.63) is 82.5 Å². The molecule has 1 aliphatic rings. The van der Waals surface area contributed by atoms with E-state index in [0.29, 0.717) is 22.8 Å². The van der Waals surface area contributed by atoms with Gasteiger partial charge in [0.2, 0.25) is 6.79 Å². The van der Waals surface area contributed by atoms with E-state index in [1.165, 1.54) is 23.1 Å². The van der Waals surface area contributed by atoms with Crippen molar-refractivity contribution in [2.45, 2.75) is 17.5 Å². The van der Waals surface area contributed by atoms with Crippen LogP contribution in [0.3, 0.4) is 0 Å². The molecule has 4 aromatic rings. The Hall–Kier alpha value is -3.03. The lowest BCUT2D eigenvalue weighted by Gasteiger charge is -2.11. The summed E-state index contributed by atoms with van der Waals surface area (Å²) in [5, 5.41) is 3.37. The molecule has 1 aliphatic heterocycles. The topological polar surface area (TPSA) is 53.4 Å². The van der Waals surface area contributed by atoms with Crippen LogP contribution in [0.1, 0.15) is 5.56 Å². The highest BCUT2D eigenvalue weighted by molar-refractivity contribution is 7.98. The molecule has 7 heteroatoms. The van der Waals surface area contributed by atoms with E-state index in [1.807, 2.05) is 53.9 Å². The van der Waals surface area contributed by atoms with Gasteiger partial charge in [-0.25, -0.2) is 4.98 Å². The molecular weight excluding hydrogens is 416 g/mol. The summed E-state index contributed by atoms with van der Waals surface area (Å²) in [7, 11) is 0. The Labute approximate surface area is 181 Å². The maximum Gasteiger partial charge on any atom is 0.263 e. The van der Waals surface area contributed by atoms with Crippen LogP contribution in [0.25, 0.3) is 21.3 Å². The van der Waals surface area contributed by atoms with Crippen molar-refractivity contribution in [1.82, 2.24) is 9.55 Å². The van der Waals surface area contributed by atoms with Gasteiger partial charge >= 0.3 is 0 Å². The largest absolute Gasteiger partial charge is 0.454 e. The normalized spacial score (nSPS) is 12.4. The number of ether oxygens (including phenoxy) is 2. The van der Waals surface area contributed by atoms with E-state index in [-0.39, 0.29) is 12.4 Å². The Bertz CT molecular complexity index is 1300. The molecular formula is C23H18N2O3S2. The molecule has 5 rings (SSSR count). The molecule has 0 spiro atoms. The highest BCUT2D eigenvalue weighted by Crippen LogP contribution is 2.35. The first-order valence-corrected chi connectivity index (χ1v) is 11.3. The second-order valence-electron chi connectivity index (χ2n) is 6.77. The molecule has 5 nitrogen and oxygen atoms in total. The molecule has 0 bridgehead atoms. The van der Waals surface area contributed by atoms with Gasteiger partial charge in [-0.3, -0.25) is 9.36 Å². The first kappa shape index (κ1) is 19.0. The molecule has 3 heterocycles. The number of hydrogen-bond donors (Lipinski definition) is 0. The SMILES string of the molecule is C=CCn1c(SCc2ccc3c(c2)OCO3)nc2scc(-c3ccccc3)c2c1=O. The van der Waals surface area contributed by atoms with Crippen LogP contribution in [0, 0.1) is 0 Å². The molecule has 0 radical (unpaired) electrons. The first-order chi connectivity index (χ1) is 14.7. The predicted octanol–water partition coefficient (Wildman–Crippen LogP) is 5.33. The lowest BCUT2D eigenvalue weighted by atomic mass is 10.1. The highest BCUT2D eigenvalue weighted by Gasteiger charge is 2.18. The van der Waals surface area contributed by atoms with Crippen molar-refractivity contribution in [3.8, 4) is 22.6 Å². The van der Waals surface area contributed by atoms with Crippen LogP contribution in [-0.4, -0.2) is 16.3 Å². The lowest BCUT2D eigenvalue weighted by Crippen LogP contribution is -2.22. The lowest BCUT2D eigenvalue weighted by molar-refractivity contribution is 0.174. The molecule has 0 saturated carbocycles. The molecule has 0 N–H and O–H groups in total. The van der Waals surface area contributed by atoms with Gasteiger partial charge in [-0.05, 0) is 23.3 Å². The van der Waals surface area contributed by atoms with Gasteiger partial charge in [0.25, 0.3) is 5.56 Å². The van der Waals surface area contributed by atoms with Crippen LogP contribution in [-0.2, 0) is 12.3 Å². The summed E-state index contributed by atoms with van der Waals surface area (Å²) in [6.45, 7) is 4.49. The molecule has 30 heavy (non-hydrogen) atoms. The van der Waals surface area contributed by atoms with Gasteiger partial charge in [-0.15, -0.1) is 17.9 Å². The predicted molar refractivity (Wildman–Crippen MR) is 122 cm³/mol. The summed E-state index contributed by atoms with van der Waals surface area (Å²) in [6, 6.07) is 15.8. The number of aromatic nitrogens is 2. The van der Waals surface area contributed by atoms with Crippen LogP contribution < -0.4 is 15.0 Å². The van der Waals surface area contributed by atoms with Gasteiger partial charge in [0, 0.05) is 23.2 Å². The minimum Gasteiger partial charge on any atom is -0.454 e. The zero-order valence-corrected chi connectivity index (χ0v) is 17.7. The van der Waals surface area contributed by atoms with Crippen LogP contribution in [0.2, 0.25) is 0 Å². The van der Waals surface area contributed by atoms with Crippen LogP contribution in [0.4, 0.5) is 0 Å². The standard InChI is InChI=1S/C23H18N2O3S2/c1-2-10-25-22(26)20-17(16-6-4-3-5-7-16)13-29-21(20)24-23(25)30-12-15-8-9-18-19(11-15)28-14-27-18/h2-9,11,13H,1,10,12,14H2.